The zero-order valence-corrected chi connectivity index (χ0v) is 11.8. The van der Waals surface area contributed by atoms with Crippen LogP contribution in [0.5, 0.6) is 0 Å². The molecular weight excluding hydrogens is 284 g/mol. The molecule has 1 aliphatic rings. The zero-order chi connectivity index (χ0) is 14.9. The summed E-state index contributed by atoms with van der Waals surface area (Å²) >= 11 is 0. The number of esters is 1. The third kappa shape index (κ3) is 2.81. The minimum Gasteiger partial charge on any atom is -0.468 e. The summed E-state index contributed by atoms with van der Waals surface area (Å²) in [4.78, 5) is 22.2. The summed E-state index contributed by atoms with van der Waals surface area (Å²) in [6, 6.07) is 5.01. The highest BCUT2D eigenvalue weighted by Gasteiger charge is 2.50. The average molecular weight is 298 g/mol. The molecule has 1 N–H and O–H groups in total. The monoisotopic (exact) mass is 298 g/mol. The first-order valence-electron chi connectivity index (χ1n) is 5.83. The highest BCUT2D eigenvalue weighted by molar-refractivity contribution is 7.89. The topological polar surface area (TPSA) is 92.6 Å². The summed E-state index contributed by atoms with van der Waals surface area (Å²) in [7, 11) is -2.48. The third-order valence-corrected chi connectivity index (χ3v) is 4.71. The maximum Gasteiger partial charge on any atom is 0.325 e. The molecule has 1 amide bonds. The Morgan fingerprint density at radius 3 is 2.40 bits per heavy atom. The molecule has 108 valence electrons. The third-order valence-electron chi connectivity index (χ3n) is 2.82. The van der Waals surface area contributed by atoms with E-state index in [9.17, 15) is 18.0 Å². The van der Waals surface area contributed by atoms with E-state index in [4.69, 9.17) is 0 Å². The van der Waals surface area contributed by atoms with Gasteiger partial charge < -0.3 is 10.1 Å². The molecule has 2 unspecified atom stereocenters. The Morgan fingerprint density at radius 1 is 1.30 bits per heavy atom. The first-order chi connectivity index (χ1) is 9.36. The number of nitrogens with one attached hydrogen (secondary N) is 1. The van der Waals surface area contributed by atoms with Crippen molar-refractivity contribution in [2.24, 2.45) is 0 Å². The molecular formula is C12H14N2O5S. The van der Waals surface area contributed by atoms with Crippen molar-refractivity contribution in [2.75, 3.05) is 19.0 Å². The first-order valence-corrected chi connectivity index (χ1v) is 7.27. The second-order valence-electron chi connectivity index (χ2n) is 4.32. The van der Waals surface area contributed by atoms with Crippen LogP contribution in [-0.4, -0.2) is 44.3 Å². The second kappa shape index (κ2) is 5.22. The SMILES string of the molecule is COC(=O)C1CN1S(=O)(=O)c1ccc(NC(C)=O)cc1. The molecule has 1 aromatic carbocycles. The standard InChI is InChI=1S/C12H14N2O5S/c1-8(15)13-9-3-5-10(6-4-9)20(17,18)14-7-11(14)12(16)19-2/h3-6,11H,7H2,1-2H3,(H,13,15). The summed E-state index contributed by atoms with van der Waals surface area (Å²) in [6.07, 6.45) is 0. The van der Waals surface area contributed by atoms with Gasteiger partial charge in [0.25, 0.3) is 0 Å². The van der Waals surface area contributed by atoms with Crippen LogP contribution < -0.4 is 5.32 Å². The van der Waals surface area contributed by atoms with Crippen molar-refractivity contribution in [1.82, 2.24) is 4.31 Å². The lowest BCUT2D eigenvalue weighted by atomic mass is 10.3. The van der Waals surface area contributed by atoms with Gasteiger partial charge in [0, 0.05) is 19.2 Å². The number of nitrogens with zero attached hydrogens (tertiary/aromatic N) is 1. The Bertz CT molecular complexity index is 638. The van der Waals surface area contributed by atoms with E-state index in [1.54, 1.807) is 0 Å². The van der Waals surface area contributed by atoms with Gasteiger partial charge in [0.15, 0.2) is 0 Å². The maximum absolute atomic E-state index is 12.2. The van der Waals surface area contributed by atoms with Crippen LogP contribution in [0.4, 0.5) is 5.69 Å². The molecule has 1 heterocycles. The van der Waals surface area contributed by atoms with Crippen molar-refractivity contribution in [3.05, 3.63) is 24.3 Å². The fourth-order valence-corrected chi connectivity index (χ4v) is 3.28. The Labute approximate surface area is 116 Å². The van der Waals surface area contributed by atoms with Crippen molar-refractivity contribution < 1.29 is 22.7 Å². The summed E-state index contributed by atoms with van der Waals surface area (Å²) in [5, 5.41) is 2.54. The van der Waals surface area contributed by atoms with E-state index in [0.717, 1.165) is 4.31 Å². The van der Waals surface area contributed by atoms with Gasteiger partial charge in [0.05, 0.1) is 12.0 Å². The minimum absolute atomic E-state index is 0.0676. The van der Waals surface area contributed by atoms with Crippen molar-refractivity contribution in [3.8, 4) is 0 Å². The number of benzene rings is 1. The van der Waals surface area contributed by atoms with E-state index in [2.05, 4.69) is 10.1 Å². The van der Waals surface area contributed by atoms with E-state index in [-0.39, 0.29) is 17.3 Å². The first kappa shape index (κ1) is 14.5. The largest absolute Gasteiger partial charge is 0.468 e. The number of hydrogen-bond acceptors (Lipinski definition) is 5. The predicted molar refractivity (Wildman–Crippen MR) is 70.4 cm³/mol. The molecule has 0 radical (unpaired) electrons. The van der Waals surface area contributed by atoms with Crippen LogP contribution in [0.2, 0.25) is 0 Å². The summed E-state index contributed by atoms with van der Waals surface area (Å²) in [5.74, 6) is -0.805. The minimum atomic E-state index is -3.70. The molecule has 1 fully saturated rings. The average Bonchev–Trinajstić information content (AvgIpc) is 3.18. The molecule has 0 saturated carbocycles. The molecule has 0 spiro atoms. The molecule has 8 heteroatoms. The van der Waals surface area contributed by atoms with Crippen LogP contribution in [0.25, 0.3) is 0 Å². The fraction of sp³-hybridized carbons (Fsp3) is 0.333. The van der Waals surface area contributed by atoms with Gasteiger partial charge in [-0.15, -0.1) is 0 Å². The van der Waals surface area contributed by atoms with Crippen molar-refractivity contribution >= 4 is 27.6 Å². The highest BCUT2D eigenvalue weighted by Crippen LogP contribution is 2.29. The van der Waals surface area contributed by atoms with Gasteiger partial charge in [-0.05, 0) is 24.3 Å². The number of amides is 1. The van der Waals surface area contributed by atoms with Crippen LogP contribution in [0.3, 0.4) is 0 Å². The van der Waals surface area contributed by atoms with Gasteiger partial charge >= 0.3 is 5.97 Å². The number of carbonyl (C=O) groups excluding carboxylic acids is 2. The normalized spacial score (nSPS) is 21.1. The van der Waals surface area contributed by atoms with Gasteiger partial charge in [0.2, 0.25) is 15.9 Å². The van der Waals surface area contributed by atoms with E-state index in [0.29, 0.717) is 5.69 Å². The van der Waals surface area contributed by atoms with Gasteiger partial charge in [-0.3, -0.25) is 9.59 Å². The lowest BCUT2D eigenvalue weighted by molar-refractivity contribution is -0.140. The lowest BCUT2D eigenvalue weighted by Gasteiger charge is -2.07. The Balaban J connectivity index is 2.15. The summed E-state index contributed by atoms with van der Waals surface area (Å²) in [6.45, 7) is 1.49. The highest BCUT2D eigenvalue weighted by atomic mass is 32.2. The number of hydrogen-bond donors (Lipinski definition) is 1. The lowest BCUT2D eigenvalue weighted by Crippen LogP contribution is -2.20. The Morgan fingerprint density at radius 2 is 1.90 bits per heavy atom. The molecule has 0 aliphatic carbocycles. The van der Waals surface area contributed by atoms with Crippen molar-refractivity contribution in [1.29, 1.82) is 0 Å². The molecule has 1 aromatic rings. The number of rotatable bonds is 4. The number of carbonyl (C=O) groups is 2. The molecule has 0 bridgehead atoms. The van der Waals surface area contributed by atoms with E-state index in [1.807, 2.05) is 0 Å². The van der Waals surface area contributed by atoms with Crippen LogP contribution >= 0.6 is 0 Å². The van der Waals surface area contributed by atoms with Crippen LogP contribution in [0, 0.1) is 0 Å². The quantitative estimate of drug-likeness (QED) is 0.633. The second-order valence-corrected chi connectivity index (χ2v) is 6.21. The van der Waals surface area contributed by atoms with Gasteiger partial charge in [0.1, 0.15) is 6.04 Å². The number of sulfonamides is 1. The van der Waals surface area contributed by atoms with Crippen LogP contribution in [0.15, 0.2) is 29.2 Å². The summed E-state index contributed by atoms with van der Waals surface area (Å²) < 4.78 is 29.9. The molecule has 2 rings (SSSR count). The molecule has 20 heavy (non-hydrogen) atoms. The van der Waals surface area contributed by atoms with Crippen LogP contribution in [0.1, 0.15) is 6.92 Å². The molecule has 0 aromatic heterocycles. The zero-order valence-electron chi connectivity index (χ0n) is 11.0. The summed E-state index contributed by atoms with van der Waals surface area (Å²) in [5.41, 5.74) is 0.506. The number of anilines is 1. The number of methoxy groups -OCH3 is 1. The van der Waals surface area contributed by atoms with Gasteiger partial charge in [-0.25, -0.2) is 8.42 Å². The van der Waals surface area contributed by atoms with Crippen molar-refractivity contribution in [3.63, 3.8) is 0 Å². The van der Waals surface area contributed by atoms with Gasteiger partial charge in [-0.1, -0.05) is 0 Å². The van der Waals surface area contributed by atoms with E-state index < -0.39 is 22.0 Å². The molecule has 2 atom stereocenters. The molecule has 1 aliphatic heterocycles. The smallest absolute Gasteiger partial charge is 0.325 e. The predicted octanol–water partition coefficient (Wildman–Crippen LogP) is 0.191. The Kier molecular flexibility index (Phi) is 3.78. The molecule has 1 saturated heterocycles. The van der Waals surface area contributed by atoms with Gasteiger partial charge in [-0.2, -0.15) is 4.31 Å². The van der Waals surface area contributed by atoms with E-state index >= 15 is 0 Å². The fourth-order valence-electron chi connectivity index (χ4n) is 1.77. The van der Waals surface area contributed by atoms with Crippen LogP contribution in [-0.2, 0) is 24.3 Å². The van der Waals surface area contributed by atoms with E-state index in [1.165, 1.54) is 38.3 Å². The maximum atomic E-state index is 12.2. The Hall–Kier alpha value is -1.93. The molecule has 7 nitrogen and oxygen atoms in total. The number of ether oxygens (including phenoxy) is 1. The van der Waals surface area contributed by atoms with Crippen molar-refractivity contribution in [2.45, 2.75) is 17.9 Å².